The van der Waals surface area contributed by atoms with Gasteiger partial charge in [0.25, 0.3) is 0 Å². The van der Waals surface area contributed by atoms with Crippen LogP contribution in [0.5, 0.6) is 17.2 Å². The summed E-state index contributed by atoms with van der Waals surface area (Å²) < 4.78 is 16.3. The largest absolute Gasteiger partial charge is 0.454 e. The van der Waals surface area contributed by atoms with Gasteiger partial charge < -0.3 is 14.2 Å². The van der Waals surface area contributed by atoms with Crippen LogP contribution >= 0.6 is 11.6 Å². The van der Waals surface area contributed by atoms with Gasteiger partial charge in [-0.3, -0.25) is 0 Å². The smallest absolute Gasteiger partial charge is 0.344 e. The Morgan fingerprint density at radius 1 is 0.931 bits per heavy atom. The van der Waals surface area contributed by atoms with Crippen molar-refractivity contribution in [2.75, 3.05) is 6.79 Å². The molecule has 1 aliphatic heterocycles. The van der Waals surface area contributed by atoms with Crippen LogP contribution in [0.3, 0.4) is 0 Å². The number of ether oxygens (including phenoxy) is 3. The Hall–Kier alpha value is -3.57. The fraction of sp³-hybridized carbons (Fsp3) is 0.0435. The second kappa shape index (κ2) is 7.11. The molecule has 6 heteroatoms. The summed E-state index contributed by atoms with van der Waals surface area (Å²) in [5.74, 6) is 1.06. The second-order valence-electron chi connectivity index (χ2n) is 6.46. The van der Waals surface area contributed by atoms with Crippen molar-refractivity contribution in [3.8, 4) is 28.5 Å². The number of carbonyl (C=O) groups excluding carboxylic acids is 1. The number of fused-ring (bicyclic) bond motifs is 2. The van der Waals surface area contributed by atoms with Crippen LogP contribution < -0.4 is 14.2 Å². The van der Waals surface area contributed by atoms with Gasteiger partial charge in [0, 0.05) is 22.0 Å². The van der Waals surface area contributed by atoms with E-state index in [-0.39, 0.29) is 6.79 Å². The second-order valence-corrected chi connectivity index (χ2v) is 6.86. The minimum absolute atomic E-state index is 0.156. The molecule has 0 fully saturated rings. The highest BCUT2D eigenvalue weighted by Crippen LogP contribution is 2.36. The van der Waals surface area contributed by atoms with E-state index in [0.29, 0.717) is 44.4 Å². The van der Waals surface area contributed by atoms with E-state index >= 15 is 0 Å². The Balaban J connectivity index is 1.58. The first-order valence-electron chi connectivity index (χ1n) is 8.95. The predicted octanol–water partition coefficient (Wildman–Crippen LogP) is 5.50. The van der Waals surface area contributed by atoms with Gasteiger partial charge in [-0.25, -0.2) is 9.78 Å². The lowest BCUT2D eigenvalue weighted by Gasteiger charge is -2.11. The Labute approximate surface area is 171 Å². The number of halogens is 1. The molecule has 5 nitrogen and oxygen atoms in total. The molecule has 5 rings (SSSR count). The number of benzene rings is 3. The SMILES string of the molecule is O=C(Oc1ccc2c(c1)OCO2)c1cc(-c2ccccc2Cl)nc2ccccc12. The lowest BCUT2D eigenvalue weighted by atomic mass is 10.0. The zero-order valence-electron chi connectivity index (χ0n) is 15.1. The minimum Gasteiger partial charge on any atom is -0.454 e. The molecule has 0 aliphatic carbocycles. The van der Waals surface area contributed by atoms with E-state index in [9.17, 15) is 4.79 Å². The first kappa shape index (κ1) is 17.5. The minimum atomic E-state index is -0.490. The monoisotopic (exact) mass is 403 g/mol. The Bertz CT molecular complexity index is 1250. The topological polar surface area (TPSA) is 57.7 Å². The van der Waals surface area contributed by atoms with Gasteiger partial charge in [-0.1, -0.05) is 48.0 Å². The molecule has 0 radical (unpaired) electrons. The van der Waals surface area contributed by atoms with Gasteiger partial charge in [-0.2, -0.15) is 0 Å². The van der Waals surface area contributed by atoms with Crippen molar-refractivity contribution in [3.05, 3.63) is 83.4 Å². The molecule has 0 N–H and O–H groups in total. The average molecular weight is 404 g/mol. The molecule has 0 saturated carbocycles. The maximum Gasteiger partial charge on any atom is 0.344 e. The van der Waals surface area contributed by atoms with Crippen LogP contribution in [-0.2, 0) is 0 Å². The molecule has 1 aromatic heterocycles. The number of nitrogens with zero attached hydrogens (tertiary/aromatic N) is 1. The summed E-state index contributed by atoms with van der Waals surface area (Å²) in [5.41, 5.74) is 2.44. The van der Waals surface area contributed by atoms with E-state index in [1.165, 1.54) is 0 Å². The maximum absolute atomic E-state index is 13.0. The molecule has 0 spiro atoms. The molecule has 0 unspecified atom stereocenters. The quantitative estimate of drug-likeness (QED) is 0.334. The first-order valence-corrected chi connectivity index (χ1v) is 9.33. The summed E-state index contributed by atoms with van der Waals surface area (Å²) in [7, 11) is 0. The van der Waals surface area contributed by atoms with Gasteiger partial charge in [0.1, 0.15) is 5.75 Å². The zero-order chi connectivity index (χ0) is 19.8. The normalized spacial score (nSPS) is 12.2. The van der Waals surface area contributed by atoms with Crippen molar-refractivity contribution in [3.63, 3.8) is 0 Å². The van der Waals surface area contributed by atoms with Gasteiger partial charge in [0.2, 0.25) is 6.79 Å². The summed E-state index contributed by atoms with van der Waals surface area (Å²) >= 11 is 6.34. The van der Waals surface area contributed by atoms with Crippen LogP contribution in [0.2, 0.25) is 5.02 Å². The molecular weight excluding hydrogens is 390 g/mol. The maximum atomic E-state index is 13.0. The van der Waals surface area contributed by atoms with Crippen LogP contribution in [0.1, 0.15) is 10.4 Å². The summed E-state index contributed by atoms with van der Waals surface area (Å²) in [4.78, 5) is 17.7. The van der Waals surface area contributed by atoms with Crippen LogP contribution in [0.15, 0.2) is 72.8 Å². The van der Waals surface area contributed by atoms with Gasteiger partial charge in [0.05, 0.1) is 16.8 Å². The Kier molecular flexibility index (Phi) is 4.30. The molecule has 142 valence electrons. The zero-order valence-corrected chi connectivity index (χ0v) is 15.8. The molecule has 29 heavy (non-hydrogen) atoms. The Morgan fingerprint density at radius 3 is 2.62 bits per heavy atom. The molecule has 0 saturated heterocycles. The van der Waals surface area contributed by atoms with Crippen molar-refractivity contribution in [2.45, 2.75) is 0 Å². The lowest BCUT2D eigenvalue weighted by Crippen LogP contribution is -2.10. The van der Waals surface area contributed by atoms with E-state index in [1.807, 2.05) is 42.5 Å². The molecular formula is C23H14ClNO4. The Morgan fingerprint density at radius 2 is 1.72 bits per heavy atom. The number of hydrogen-bond acceptors (Lipinski definition) is 5. The lowest BCUT2D eigenvalue weighted by molar-refractivity contribution is 0.0736. The third kappa shape index (κ3) is 3.26. The van der Waals surface area contributed by atoms with Crippen LogP contribution in [0, 0.1) is 0 Å². The highest BCUT2D eigenvalue weighted by Gasteiger charge is 2.19. The number of para-hydroxylation sites is 1. The number of aromatic nitrogens is 1. The van der Waals surface area contributed by atoms with Crippen LogP contribution in [0.4, 0.5) is 0 Å². The van der Waals surface area contributed by atoms with Gasteiger partial charge in [-0.05, 0) is 30.3 Å². The summed E-state index contributed by atoms with van der Waals surface area (Å²) in [6.45, 7) is 0.156. The van der Waals surface area contributed by atoms with E-state index in [4.69, 9.17) is 25.8 Å². The third-order valence-corrected chi connectivity index (χ3v) is 4.97. The van der Waals surface area contributed by atoms with Crippen molar-refractivity contribution in [1.82, 2.24) is 4.98 Å². The van der Waals surface area contributed by atoms with Gasteiger partial charge >= 0.3 is 5.97 Å². The van der Waals surface area contributed by atoms with Gasteiger partial charge in [0.15, 0.2) is 11.5 Å². The first-order chi connectivity index (χ1) is 14.2. The molecule has 0 bridgehead atoms. The number of esters is 1. The van der Waals surface area contributed by atoms with Crippen LogP contribution in [-0.4, -0.2) is 17.7 Å². The highest BCUT2D eigenvalue weighted by atomic mass is 35.5. The molecule has 4 aromatic rings. The number of rotatable bonds is 3. The fourth-order valence-electron chi connectivity index (χ4n) is 3.25. The van der Waals surface area contributed by atoms with E-state index in [1.54, 1.807) is 30.3 Å². The van der Waals surface area contributed by atoms with E-state index < -0.39 is 5.97 Å². The summed E-state index contributed by atoms with van der Waals surface area (Å²) in [6, 6.07) is 21.5. The predicted molar refractivity (Wildman–Crippen MR) is 110 cm³/mol. The number of carbonyl (C=O) groups is 1. The highest BCUT2D eigenvalue weighted by molar-refractivity contribution is 6.33. The molecule has 3 aromatic carbocycles. The average Bonchev–Trinajstić information content (AvgIpc) is 3.21. The molecule has 0 amide bonds. The van der Waals surface area contributed by atoms with Crippen molar-refractivity contribution in [1.29, 1.82) is 0 Å². The van der Waals surface area contributed by atoms with Crippen molar-refractivity contribution in [2.24, 2.45) is 0 Å². The van der Waals surface area contributed by atoms with E-state index in [2.05, 4.69) is 4.98 Å². The number of pyridine rings is 1. The van der Waals surface area contributed by atoms with Crippen LogP contribution in [0.25, 0.3) is 22.2 Å². The third-order valence-electron chi connectivity index (χ3n) is 4.64. The molecule has 1 aliphatic rings. The molecule has 0 atom stereocenters. The van der Waals surface area contributed by atoms with Crippen molar-refractivity contribution >= 4 is 28.5 Å². The summed E-state index contributed by atoms with van der Waals surface area (Å²) in [6.07, 6.45) is 0. The standard InChI is InChI=1S/C23H14ClNO4/c24-18-7-3-1-6-16(18)20-12-17(15-5-2-4-8-19(15)25-20)23(26)29-14-9-10-21-22(11-14)28-13-27-21/h1-12H,13H2. The van der Waals surface area contributed by atoms with Gasteiger partial charge in [-0.15, -0.1) is 0 Å². The fourth-order valence-corrected chi connectivity index (χ4v) is 3.49. The van der Waals surface area contributed by atoms with E-state index in [0.717, 1.165) is 5.56 Å². The summed E-state index contributed by atoms with van der Waals surface area (Å²) in [5, 5.41) is 1.26. The number of hydrogen-bond donors (Lipinski definition) is 0. The van der Waals surface area contributed by atoms with Crippen molar-refractivity contribution < 1.29 is 19.0 Å². The molecule has 2 heterocycles.